The molecule has 2 aromatic carbocycles. The molecule has 3 heteroatoms. The Bertz CT molecular complexity index is 722. The summed E-state index contributed by atoms with van der Waals surface area (Å²) in [5.41, 5.74) is 3.02. The van der Waals surface area contributed by atoms with Crippen LogP contribution in [-0.4, -0.2) is 5.52 Å². The Morgan fingerprint density at radius 1 is 1.05 bits per heavy atom. The summed E-state index contributed by atoms with van der Waals surface area (Å²) in [5.74, 6) is 1.31. The molecule has 0 saturated carbocycles. The van der Waals surface area contributed by atoms with Crippen LogP contribution in [-0.2, 0) is 4.57 Å². The Balaban J connectivity index is 2.63. The molecule has 0 bridgehead atoms. The third kappa shape index (κ3) is 2.77. The first-order valence-corrected chi connectivity index (χ1v) is 8.59. The van der Waals surface area contributed by atoms with Crippen LogP contribution in [0.25, 0.3) is 0 Å². The molecule has 0 aliphatic heterocycles. The number of hydrogen-bond acceptors (Lipinski definition) is 2. The highest BCUT2D eigenvalue weighted by atomic mass is 31.2. The van der Waals surface area contributed by atoms with Crippen molar-refractivity contribution >= 4 is 18.0 Å². The summed E-state index contributed by atoms with van der Waals surface area (Å²) >= 11 is 0. The van der Waals surface area contributed by atoms with Crippen molar-refractivity contribution in [3.63, 3.8) is 0 Å². The zero-order valence-electron chi connectivity index (χ0n) is 12.6. The standard InChI is InChI=1S/C18H19O2P/c1-5-21(20,16-9-7-6-8-10-16)18(19)17-14(3)11-13(2)12-15(17)4/h5-12H,1H2,2-4H3. The van der Waals surface area contributed by atoms with Crippen molar-refractivity contribution in [1.29, 1.82) is 0 Å². The topological polar surface area (TPSA) is 34.1 Å². The average molecular weight is 298 g/mol. The van der Waals surface area contributed by atoms with Crippen LogP contribution in [0.3, 0.4) is 0 Å². The molecule has 2 rings (SSSR count). The van der Waals surface area contributed by atoms with Crippen molar-refractivity contribution in [2.75, 3.05) is 0 Å². The van der Waals surface area contributed by atoms with Crippen molar-refractivity contribution in [3.8, 4) is 0 Å². The van der Waals surface area contributed by atoms with E-state index in [2.05, 4.69) is 6.58 Å². The Kier molecular flexibility index (Phi) is 4.29. The van der Waals surface area contributed by atoms with Gasteiger partial charge in [-0.2, -0.15) is 0 Å². The first-order valence-electron chi connectivity index (χ1n) is 6.82. The van der Waals surface area contributed by atoms with Crippen LogP contribution < -0.4 is 5.30 Å². The lowest BCUT2D eigenvalue weighted by Gasteiger charge is -2.17. The van der Waals surface area contributed by atoms with E-state index in [-0.39, 0.29) is 5.52 Å². The highest BCUT2D eigenvalue weighted by Crippen LogP contribution is 2.49. The molecule has 21 heavy (non-hydrogen) atoms. The number of hydrogen-bond donors (Lipinski definition) is 0. The third-order valence-electron chi connectivity index (χ3n) is 3.59. The summed E-state index contributed by atoms with van der Waals surface area (Å²) in [4.78, 5) is 12.9. The van der Waals surface area contributed by atoms with Crippen LogP contribution in [0.15, 0.2) is 54.9 Å². The van der Waals surface area contributed by atoms with Gasteiger partial charge in [-0.3, -0.25) is 4.79 Å². The summed E-state index contributed by atoms with van der Waals surface area (Å²) in [6.07, 6.45) is 0. The van der Waals surface area contributed by atoms with E-state index in [1.165, 1.54) is 5.82 Å². The molecule has 1 atom stereocenters. The van der Waals surface area contributed by atoms with Gasteiger partial charge in [0.2, 0.25) is 12.7 Å². The third-order valence-corrected chi connectivity index (χ3v) is 6.00. The smallest absolute Gasteiger partial charge is 0.230 e. The maximum absolute atomic E-state index is 13.2. The fourth-order valence-electron chi connectivity index (χ4n) is 2.64. The van der Waals surface area contributed by atoms with E-state index in [0.29, 0.717) is 10.9 Å². The molecule has 0 radical (unpaired) electrons. The van der Waals surface area contributed by atoms with Crippen LogP contribution in [0.4, 0.5) is 0 Å². The number of aryl methyl sites for hydroxylation is 3. The number of benzene rings is 2. The molecule has 0 saturated heterocycles. The van der Waals surface area contributed by atoms with E-state index in [1.54, 1.807) is 24.3 Å². The van der Waals surface area contributed by atoms with Crippen LogP contribution in [0.5, 0.6) is 0 Å². The summed E-state index contributed by atoms with van der Waals surface area (Å²) in [6.45, 7) is 9.39. The highest BCUT2D eigenvalue weighted by Gasteiger charge is 2.33. The van der Waals surface area contributed by atoms with Crippen molar-refractivity contribution in [2.45, 2.75) is 20.8 Å². The molecule has 2 aromatic rings. The van der Waals surface area contributed by atoms with Gasteiger partial charge in [-0.15, -0.1) is 0 Å². The van der Waals surface area contributed by atoms with E-state index in [0.717, 1.165) is 16.7 Å². The van der Waals surface area contributed by atoms with Gasteiger partial charge in [0.15, 0.2) is 0 Å². The van der Waals surface area contributed by atoms with Gasteiger partial charge in [-0.1, -0.05) is 54.6 Å². The molecular formula is C18H19O2P. The first-order chi connectivity index (χ1) is 9.90. The molecular weight excluding hydrogens is 279 g/mol. The van der Waals surface area contributed by atoms with E-state index in [4.69, 9.17) is 0 Å². The Morgan fingerprint density at radius 2 is 1.57 bits per heavy atom. The molecule has 0 spiro atoms. The van der Waals surface area contributed by atoms with Crippen molar-refractivity contribution in [3.05, 3.63) is 77.1 Å². The summed E-state index contributed by atoms with van der Waals surface area (Å²) in [6, 6.07) is 12.7. The lowest BCUT2D eigenvalue weighted by atomic mass is 10.0. The predicted octanol–water partition coefficient (Wildman–Crippen LogP) is 4.58. The fourth-order valence-corrected chi connectivity index (χ4v) is 4.55. The monoisotopic (exact) mass is 298 g/mol. The van der Waals surface area contributed by atoms with E-state index in [1.807, 2.05) is 39.0 Å². The second kappa shape index (κ2) is 5.83. The quantitative estimate of drug-likeness (QED) is 0.774. The Morgan fingerprint density at radius 3 is 2.05 bits per heavy atom. The molecule has 0 amide bonds. The zero-order chi connectivity index (χ0) is 15.6. The van der Waals surface area contributed by atoms with Crippen LogP contribution in [0.1, 0.15) is 27.0 Å². The first kappa shape index (κ1) is 15.5. The van der Waals surface area contributed by atoms with Gasteiger partial charge in [0.1, 0.15) is 0 Å². The lowest BCUT2D eigenvalue weighted by molar-refractivity contribution is 0.107. The van der Waals surface area contributed by atoms with Crippen LogP contribution in [0.2, 0.25) is 0 Å². The molecule has 1 unspecified atom stereocenters. The SMILES string of the molecule is C=CP(=O)(C(=O)c1c(C)cc(C)cc1C)c1ccccc1. The normalized spacial score (nSPS) is 13.5. The summed E-state index contributed by atoms with van der Waals surface area (Å²) in [5, 5.41) is 0.532. The van der Waals surface area contributed by atoms with E-state index < -0.39 is 7.14 Å². The number of carbonyl (C=O) groups excluding carboxylic acids is 1. The van der Waals surface area contributed by atoms with Crippen molar-refractivity contribution < 1.29 is 9.36 Å². The van der Waals surface area contributed by atoms with Gasteiger partial charge in [-0.25, -0.2) is 0 Å². The average Bonchev–Trinajstić information content (AvgIpc) is 2.46. The van der Waals surface area contributed by atoms with Gasteiger partial charge in [-0.05, 0) is 37.7 Å². The minimum Gasteiger partial charge on any atom is -0.306 e. The Labute approximate surface area is 125 Å². The van der Waals surface area contributed by atoms with E-state index in [9.17, 15) is 9.36 Å². The van der Waals surface area contributed by atoms with Crippen LogP contribution >= 0.6 is 7.14 Å². The van der Waals surface area contributed by atoms with Gasteiger partial charge < -0.3 is 4.57 Å². The summed E-state index contributed by atoms with van der Waals surface area (Å²) < 4.78 is 13.2. The molecule has 0 heterocycles. The minimum atomic E-state index is -3.31. The lowest BCUT2D eigenvalue weighted by Crippen LogP contribution is -2.13. The highest BCUT2D eigenvalue weighted by molar-refractivity contribution is 7.90. The van der Waals surface area contributed by atoms with Gasteiger partial charge >= 0.3 is 0 Å². The largest absolute Gasteiger partial charge is 0.306 e. The second-order valence-electron chi connectivity index (χ2n) is 5.25. The molecule has 0 aromatic heterocycles. The molecule has 0 fully saturated rings. The molecule has 108 valence electrons. The molecule has 0 aliphatic carbocycles. The zero-order valence-corrected chi connectivity index (χ0v) is 13.5. The maximum atomic E-state index is 13.2. The molecule has 2 nitrogen and oxygen atoms in total. The van der Waals surface area contributed by atoms with E-state index >= 15 is 0 Å². The predicted molar refractivity (Wildman–Crippen MR) is 88.9 cm³/mol. The fraction of sp³-hybridized carbons (Fsp3) is 0.167. The summed E-state index contributed by atoms with van der Waals surface area (Å²) in [7, 11) is -3.31. The number of carbonyl (C=O) groups is 1. The second-order valence-corrected chi connectivity index (χ2v) is 7.86. The maximum Gasteiger partial charge on any atom is 0.230 e. The van der Waals surface area contributed by atoms with Crippen molar-refractivity contribution in [1.82, 2.24) is 0 Å². The number of rotatable bonds is 4. The van der Waals surface area contributed by atoms with Crippen LogP contribution in [0, 0.1) is 20.8 Å². The molecule has 0 N–H and O–H groups in total. The van der Waals surface area contributed by atoms with Gasteiger partial charge in [0, 0.05) is 10.9 Å². The molecule has 0 aliphatic rings. The Hall–Kier alpha value is -1.92. The van der Waals surface area contributed by atoms with Gasteiger partial charge in [0.25, 0.3) is 0 Å². The van der Waals surface area contributed by atoms with Gasteiger partial charge in [0.05, 0.1) is 0 Å². The van der Waals surface area contributed by atoms with Crippen molar-refractivity contribution in [2.24, 2.45) is 0 Å². The minimum absolute atomic E-state index is 0.335.